The van der Waals surface area contributed by atoms with E-state index in [1.54, 1.807) is 24.5 Å². The van der Waals surface area contributed by atoms with Crippen molar-refractivity contribution in [2.75, 3.05) is 25.0 Å². The lowest BCUT2D eigenvalue weighted by Crippen LogP contribution is -2.40. The van der Waals surface area contributed by atoms with Crippen molar-refractivity contribution in [3.8, 4) is 0 Å². The third-order valence-electron chi connectivity index (χ3n) is 6.29. The summed E-state index contributed by atoms with van der Waals surface area (Å²) in [6.07, 6.45) is 9.83. The van der Waals surface area contributed by atoms with Crippen LogP contribution in [0.1, 0.15) is 67.1 Å². The number of aromatic nitrogens is 1. The number of anilines is 1. The summed E-state index contributed by atoms with van der Waals surface area (Å²) in [5.74, 6) is -0.144. The Morgan fingerprint density at radius 2 is 2.06 bits per heavy atom. The van der Waals surface area contributed by atoms with Crippen LogP contribution in [0.2, 0.25) is 0 Å². The number of nitrogens with zero attached hydrogens (tertiary/aromatic N) is 2. The normalized spacial score (nSPS) is 18.3. The van der Waals surface area contributed by atoms with Crippen LogP contribution in [0.4, 0.5) is 5.00 Å². The van der Waals surface area contributed by atoms with E-state index in [0.717, 1.165) is 49.3 Å². The molecule has 1 atom stereocenters. The van der Waals surface area contributed by atoms with Crippen molar-refractivity contribution >= 4 is 28.2 Å². The van der Waals surface area contributed by atoms with Crippen LogP contribution in [-0.4, -0.2) is 41.5 Å². The van der Waals surface area contributed by atoms with Gasteiger partial charge in [-0.3, -0.25) is 19.5 Å². The number of amides is 1. The number of carbonyl (C=O) groups excluding carboxylic acids is 2. The predicted octanol–water partition coefficient (Wildman–Crippen LogP) is 4.34. The Labute approximate surface area is 188 Å². The van der Waals surface area contributed by atoms with Gasteiger partial charge in [0.1, 0.15) is 5.00 Å². The first-order chi connectivity index (χ1) is 15.1. The van der Waals surface area contributed by atoms with E-state index in [2.05, 4.69) is 21.3 Å². The van der Waals surface area contributed by atoms with Crippen LogP contribution < -0.4 is 5.32 Å². The minimum absolute atomic E-state index is 0.0248. The van der Waals surface area contributed by atoms with E-state index in [9.17, 15) is 9.59 Å². The molecule has 2 aromatic rings. The van der Waals surface area contributed by atoms with E-state index in [0.29, 0.717) is 6.61 Å². The van der Waals surface area contributed by atoms with E-state index in [1.807, 2.05) is 19.2 Å². The zero-order valence-electron chi connectivity index (χ0n) is 18.4. The molecule has 1 aliphatic heterocycles. The van der Waals surface area contributed by atoms with Gasteiger partial charge < -0.3 is 10.1 Å². The molecule has 0 unspecified atom stereocenters. The average Bonchev–Trinajstić information content (AvgIpc) is 3.12. The average molecular weight is 442 g/mol. The predicted molar refractivity (Wildman–Crippen MR) is 122 cm³/mol. The van der Waals surface area contributed by atoms with Gasteiger partial charge in [-0.2, -0.15) is 0 Å². The summed E-state index contributed by atoms with van der Waals surface area (Å²) in [6.45, 7) is 5.49. The van der Waals surface area contributed by atoms with Crippen molar-refractivity contribution in [1.82, 2.24) is 9.88 Å². The maximum absolute atomic E-state index is 12.2. The number of pyridine rings is 1. The molecule has 6 nitrogen and oxygen atoms in total. The van der Waals surface area contributed by atoms with Gasteiger partial charge in [-0.25, -0.2) is 0 Å². The first-order valence-corrected chi connectivity index (χ1v) is 12.1. The van der Waals surface area contributed by atoms with Gasteiger partial charge in [0.25, 0.3) is 0 Å². The molecule has 0 saturated carbocycles. The summed E-state index contributed by atoms with van der Waals surface area (Å²) in [4.78, 5) is 32.5. The van der Waals surface area contributed by atoms with Gasteiger partial charge in [0, 0.05) is 29.8 Å². The zero-order valence-corrected chi connectivity index (χ0v) is 19.2. The molecule has 1 fully saturated rings. The number of likely N-dealkylation sites (tertiary alicyclic amines) is 1. The fraction of sp³-hybridized carbons (Fsp3) is 0.542. The second-order valence-electron chi connectivity index (χ2n) is 8.39. The highest BCUT2D eigenvalue weighted by molar-refractivity contribution is 7.16. The first-order valence-electron chi connectivity index (χ1n) is 11.3. The minimum Gasteiger partial charge on any atom is -0.466 e. The number of thiophene rings is 1. The standard InChI is InChI=1S/C24H31N3O3S/c1-3-30-24(29)17-10-13-27(14-11-17)22(18-7-6-12-25-15-18)21-19-8-4-5-9-20(19)31-23(21)26-16(2)28/h6-7,12,15,17,22H,3-5,8-11,13-14H2,1-2H3,(H,26,28)/t22-/m0/s1. The number of fused-ring (bicyclic) bond motifs is 1. The molecule has 0 aromatic carbocycles. The lowest BCUT2D eigenvalue weighted by molar-refractivity contribution is -0.149. The maximum Gasteiger partial charge on any atom is 0.309 e. The Kier molecular flexibility index (Phi) is 7.02. The van der Waals surface area contributed by atoms with Gasteiger partial charge in [0.05, 0.1) is 18.6 Å². The molecule has 1 saturated heterocycles. The van der Waals surface area contributed by atoms with Crippen molar-refractivity contribution in [3.63, 3.8) is 0 Å². The molecule has 1 amide bonds. The molecule has 1 N–H and O–H groups in total. The van der Waals surface area contributed by atoms with Crippen LogP contribution >= 0.6 is 11.3 Å². The highest BCUT2D eigenvalue weighted by Gasteiger charge is 2.35. The minimum atomic E-state index is -0.0769. The van der Waals surface area contributed by atoms with Crippen molar-refractivity contribution in [2.24, 2.45) is 5.92 Å². The third kappa shape index (κ3) is 4.83. The van der Waals surface area contributed by atoms with E-state index in [4.69, 9.17) is 4.74 Å². The Morgan fingerprint density at radius 3 is 2.74 bits per heavy atom. The second kappa shape index (κ2) is 9.92. The number of nitrogens with one attached hydrogen (secondary N) is 1. The van der Waals surface area contributed by atoms with E-state index < -0.39 is 0 Å². The molecule has 2 aliphatic rings. The highest BCUT2D eigenvalue weighted by Crippen LogP contribution is 2.46. The van der Waals surface area contributed by atoms with Crippen LogP contribution in [0.3, 0.4) is 0 Å². The summed E-state index contributed by atoms with van der Waals surface area (Å²) in [5, 5.41) is 4.10. The van der Waals surface area contributed by atoms with Crippen LogP contribution in [0.25, 0.3) is 0 Å². The quantitative estimate of drug-likeness (QED) is 0.675. The fourth-order valence-electron chi connectivity index (χ4n) is 4.88. The summed E-state index contributed by atoms with van der Waals surface area (Å²) < 4.78 is 5.26. The van der Waals surface area contributed by atoms with Gasteiger partial charge in [0.2, 0.25) is 5.91 Å². The van der Waals surface area contributed by atoms with E-state index in [1.165, 1.54) is 28.8 Å². The lowest BCUT2D eigenvalue weighted by Gasteiger charge is -2.38. The van der Waals surface area contributed by atoms with Crippen LogP contribution in [0.5, 0.6) is 0 Å². The topological polar surface area (TPSA) is 71.5 Å². The molecule has 3 heterocycles. The molecule has 1 aliphatic carbocycles. The summed E-state index contributed by atoms with van der Waals surface area (Å²) in [5.41, 5.74) is 3.77. The molecule has 2 aromatic heterocycles. The number of hydrogen-bond donors (Lipinski definition) is 1. The zero-order chi connectivity index (χ0) is 21.8. The Morgan fingerprint density at radius 1 is 1.29 bits per heavy atom. The summed E-state index contributed by atoms with van der Waals surface area (Å²) in [7, 11) is 0. The number of rotatable bonds is 6. The number of ether oxygens (including phenoxy) is 1. The lowest BCUT2D eigenvalue weighted by atomic mass is 9.87. The van der Waals surface area contributed by atoms with Crippen molar-refractivity contribution < 1.29 is 14.3 Å². The number of aryl methyl sites for hydroxylation is 1. The van der Waals surface area contributed by atoms with Crippen LogP contribution in [0.15, 0.2) is 24.5 Å². The molecule has 4 rings (SSSR count). The van der Waals surface area contributed by atoms with Crippen LogP contribution in [0, 0.1) is 5.92 Å². The van der Waals surface area contributed by atoms with Crippen molar-refractivity contribution in [3.05, 3.63) is 46.1 Å². The van der Waals surface area contributed by atoms with Gasteiger partial charge in [-0.05, 0) is 75.7 Å². The summed E-state index contributed by atoms with van der Waals surface area (Å²) in [6, 6.07) is 4.13. The maximum atomic E-state index is 12.2. The third-order valence-corrected chi connectivity index (χ3v) is 7.51. The Bertz CT molecular complexity index is 920. The van der Waals surface area contributed by atoms with E-state index in [-0.39, 0.29) is 23.8 Å². The SMILES string of the molecule is CCOC(=O)C1CCN([C@@H](c2cccnc2)c2c(NC(C)=O)sc3c2CCCC3)CC1. The van der Waals surface area contributed by atoms with Gasteiger partial charge in [-0.1, -0.05) is 6.07 Å². The smallest absolute Gasteiger partial charge is 0.309 e. The molecular weight excluding hydrogens is 410 g/mol. The molecule has 0 bridgehead atoms. The summed E-state index contributed by atoms with van der Waals surface area (Å²) >= 11 is 1.74. The van der Waals surface area contributed by atoms with Gasteiger partial charge in [-0.15, -0.1) is 11.3 Å². The van der Waals surface area contributed by atoms with Gasteiger partial charge in [0.15, 0.2) is 0 Å². The number of esters is 1. The molecule has 0 radical (unpaired) electrons. The van der Waals surface area contributed by atoms with Crippen molar-refractivity contribution in [2.45, 2.75) is 58.4 Å². The van der Waals surface area contributed by atoms with E-state index >= 15 is 0 Å². The van der Waals surface area contributed by atoms with Gasteiger partial charge >= 0.3 is 5.97 Å². The Hall–Kier alpha value is -2.25. The molecule has 166 valence electrons. The molecular formula is C24H31N3O3S. The molecule has 31 heavy (non-hydrogen) atoms. The number of piperidine rings is 1. The second-order valence-corrected chi connectivity index (χ2v) is 9.49. The fourth-order valence-corrected chi connectivity index (χ4v) is 6.25. The Balaban J connectivity index is 1.70. The molecule has 0 spiro atoms. The first kappa shape index (κ1) is 22.0. The van der Waals surface area contributed by atoms with Crippen molar-refractivity contribution in [1.29, 1.82) is 0 Å². The number of carbonyl (C=O) groups is 2. The number of hydrogen-bond acceptors (Lipinski definition) is 6. The van der Waals surface area contributed by atoms with Crippen LogP contribution in [-0.2, 0) is 27.2 Å². The monoisotopic (exact) mass is 441 g/mol. The highest BCUT2D eigenvalue weighted by atomic mass is 32.1. The molecule has 7 heteroatoms. The largest absolute Gasteiger partial charge is 0.466 e.